The summed E-state index contributed by atoms with van der Waals surface area (Å²) < 4.78 is 5.63. The molecule has 0 aliphatic heterocycles. The van der Waals surface area contributed by atoms with Crippen molar-refractivity contribution in [1.82, 2.24) is 9.97 Å². The Morgan fingerprint density at radius 1 is 1.17 bits per heavy atom. The van der Waals surface area contributed by atoms with E-state index < -0.39 is 4.92 Å². The number of nitro groups is 1. The van der Waals surface area contributed by atoms with E-state index in [1.807, 2.05) is 32.9 Å². The molecule has 0 fully saturated rings. The lowest BCUT2D eigenvalue weighted by Gasteiger charge is -2.21. The van der Waals surface area contributed by atoms with Gasteiger partial charge in [-0.25, -0.2) is 4.98 Å². The summed E-state index contributed by atoms with van der Waals surface area (Å²) in [6.07, 6.45) is 1.25. The van der Waals surface area contributed by atoms with Crippen LogP contribution in [0.3, 0.4) is 0 Å². The molecule has 1 aromatic heterocycles. The predicted molar refractivity (Wildman–Crippen MR) is 92.7 cm³/mol. The minimum absolute atomic E-state index is 0.0842. The van der Waals surface area contributed by atoms with Gasteiger partial charge in [0.25, 0.3) is 0 Å². The van der Waals surface area contributed by atoms with E-state index in [1.165, 1.54) is 6.33 Å². The van der Waals surface area contributed by atoms with E-state index in [2.05, 4.69) is 29.1 Å². The number of nitrogens with one attached hydrogen (secondary N) is 1. The highest BCUT2D eigenvalue weighted by molar-refractivity contribution is 5.62. The van der Waals surface area contributed by atoms with Crippen molar-refractivity contribution in [2.45, 2.75) is 46.1 Å². The molecule has 0 aliphatic rings. The summed E-state index contributed by atoms with van der Waals surface area (Å²) >= 11 is 0. The third-order valence-corrected chi connectivity index (χ3v) is 3.23. The second kappa shape index (κ2) is 6.82. The highest BCUT2D eigenvalue weighted by Crippen LogP contribution is 2.35. The fourth-order valence-corrected chi connectivity index (χ4v) is 2.08. The number of hydrogen-bond acceptors (Lipinski definition) is 6. The van der Waals surface area contributed by atoms with E-state index in [1.54, 1.807) is 12.1 Å². The van der Waals surface area contributed by atoms with Gasteiger partial charge in [0.15, 0.2) is 0 Å². The van der Waals surface area contributed by atoms with Crippen molar-refractivity contribution in [1.29, 1.82) is 0 Å². The minimum atomic E-state index is -0.536. The summed E-state index contributed by atoms with van der Waals surface area (Å²) in [5.74, 6) is 0.938. The van der Waals surface area contributed by atoms with Crippen LogP contribution in [0.5, 0.6) is 11.6 Å². The SMILES string of the molecule is CC(C)c1ccc(Oc2ncnc(NC(C)(C)C)c2[N+](=O)[O-])cc1. The van der Waals surface area contributed by atoms with Crippen LogP contribution in [0.2, 0.25) is 0 Å². The Kier molecular flexibility index (Phi) is 5.02. The molecule has 0 spiro atoms. The van der Waals surface area contributed by atoms with Gasteiger partial charge in [-0.15, -0.1) is 0 Å². The third kappa shape index (κ3) is 4.41. The van der Waals surface area contributed by atoms with Gasteiger partial charge >= 0.3 is 11.6 Å². The molecular weight excluding hydrogens is 308 g/mol. The molecule has 7 heteroatoms. The highest BCUT2D eigenvalue weighted by Gasteiger charge is 2.27. The first kappa shape index (κ1) is 17.7. The van der Waals surface area contributed by atoms with Crippen LogP contribution in [0.1, 0.15) is 46.1 Å². The molecule has 0 unspecified atom stereocenters. The van der Waals surface area contributed by atoms with Gasteiger partial charge in [-0.3, -0.25) is 10.1 Å². The Hall–Kier alpha value is -2.70. The Morgan fingerprint density at radius 3 is 2.29 bits per heavy atom. The van der Waals surface area contributed by atoms with Gasteiger partial charge in [0.2, 0.25) is 5.82 Å². The number of rotatable bonds is 5. The molecule has 0 atom stereocenters. The minimum Gasteiger partial charge on any atom is -0.434 e. The maximum absolute atomic E-state index is 11.5. The van der Waals surface area contributed by atoms with E-state index in [0.29, 0.717) is 11.7 Å². The first-order chi connectivity index (χ1) is 11.2. The normalized spacial score (nSPS) is 11.4. The fraction of sp³-hybridized carbons (Fsp3) is 0.412. The van der Waals surface area contributed by atoms with Gasteiger partial charge < -0.3 is 10.1 Å². The highest BCUT2D eigenvalue weighted by atomic mass is 16.6. The monoisotopic (exact) mass is 330 g/mol. The molecule has 0 amide bonds. The topological polar surface area (TPSA) is 90.2 Å². The van der Waals surface area contributed by atoms with Crippen LogP contribution in [0.15, 0.2) is 30.6 Å². The van der Waals surface area contributed by atoms with Crippen molar-refractivity contribution in [3.8, 4) is 11.6 Å². The Labute approximate surface area is 141 Å². The van der Waals surface area contributed by atoms with Crippen molar-refractivity contribution in [2.24, 2.45) is 0 Å². The summed E-state index contributed by atoms with van der Waals surface area (Å²) in [6, 6.07) is 7.42. The second-order valence-electron chi connectivity index (χ2n) is 6.83. The predicted octanol–water partition coefficient (Wildman–Crippen LogP) is 4.51. The summed E-state index contributed by atoms with van der Waals surface area (Å²) in [5.41, 5.74) is 0.505. The van der Waals surface area contributed by atoms with Gasteiger partial charge in [-0.2, -0.15) is 4.98 Å². The van der Waals surface area contributed by atoms with Gasteiger partial charge in [0.05, 0.1) is 4.92 Å². The first-order valence-corrected chi connectivity index (χ1v) is 7.73. The number of benzene rings is 1. The van der Waals surface area contributed by atoms with Crippen LogP contribution in [-0.2, 0) is 0 Å². The number of aromatic nitrogens is 2. The van der Waals surface area contributed by atoms with Crippen molar-refractivity contribution in [3.05, 3.63) is 46.3 Å². The standard InChI is InChI=1S/C17H22N4O3/c1-11(2)12-6-8-13(9-7-12)24-16-14(21(22)23)15(18-10-19-16)20-17(3,4)5/h6-11H,1-5H3,(H,18,19,20). The number of anilines is 1. The lowest BCUT2D eigenvalue weighted by Crippen LogP contribution is -2.27. The van der Waals surface area contributed by atoms with E-state index >= 15 is 0 Å². The van der Waals surface area contributed by atoms with Crippen molar-refractivity contribution < 1.29 is 9.66 Å². The van der Waals surface area contributed by atoms with Crippen LogP contribution in [0.4, 0.5) is 11.5 Å². The molecule has 2 rings (SSSR count). The summed E-state index contributed by atoms with van der Waals surface area (Å²) in [4.78, 5) is 18.8. The zero-order chi connectivity index (χ0) is 17.9. The quantitative estimate of drug-likeness (QED) is 0.640. The molecule has 1 N–H and O–H groups in total. The van der Waals surface area contributed by atoms with Gasteiger partial charge in [0, 0.05) is 5.54 Å². The van der Waals surface area contributed by atoms with E-state index in [9.17, 15) is 10.1 Å². The molecular formula is C17H22N4O3. The summed E-state index contributed by atoms with van der Waals surface area (Å²) in [7, 11) is 0. The smallest absolute Gasteiger partial charge is 0.373 e. The van der Waals surface area contributed by atoms with Crippen molar-refractivity contribution in [3.63, 3.8) is 0 Å². The molecule has 24 heavy (non-hydrogen) atoms. The zero-order valence-corrected chi connectivity index (χ0v) is 14.5. The molecule has 2 aromatic rings. The summed E-state index contributed by atoms with van der Waals surface area (Å²) in [5, 5.41) is 14.5. The van der Waals surface area contributed by atoms with Crippen LogP contribution in [0.25, 0.3) is 0 Å². The van der Waals surface area contributed by atoms with Gasteiger partial charge in [0.1, 0.15) is 12.1 Å². The Morgan fingerprint density at radius 2 is 1.79 bits per heavy atom. The maximum atomic E-state index is 11.5. The fourth-order valence-electron chi connectivity index (χ4n) is 2.08. The number of hydrogen-bond donors (Lipinski definition) is 1. The molecule has 0 saturated heterocycles. The van der Waals surface area contributed by atoms with Crippen LogP contribution in [-0.4, -0.2) is 20.4 Å². The second-order valence-corrected chi connectivity index (χ2v) is 6.83. The molecule has 0 radical (unpaired) electrons. The Bertz CT molecular complexity index is 722. The van der Waals surface area contributed by atoms with Crippen LogP contribution in [0, 0.1) is 10.1 Å². The van der Waals surface area contributed by atoms with Crippen LogP contribution >= 0.6 is 0 Å². The van der Waals surface area contributed by atoms with Crippen molar-refractivity contribution in [2.75, 3.05) is 5.32 Å². The molecule has 7 nitrogen and oxygen atoms in total. The molecule has 1 heterocycles. The van der Waals surface area contributed by atoms with Crippen molar-refractivity contribution >= 4 is 11.5 Å². The third-order valence-electron chi connectivity index (χ3n) is 3.23. The van der Waals surface area contributed by atoms with E-state index in [-0.39, 0.29) is 22.9 Å². The summed E-state index contributed by atoms with van der Waals surface area (Å²) in [6.45, 7) is 9.86. The molecule has 0 bridgehead atoms. The molecule has 128 valence electrons. The first-order valence-electron chi connectivity index (χ1n) is 7.73. The maximum Gasteiger partial charge on any atom is 0.373 e. The largest absolute Gasteiger partial charge is 0.434 e. The molecule has 0 saturated carbocycles. The molecule has 0 aliphatic carbocycles. The van der Waals surface area contributed by atoms with E-state index in [0.717, 1.165) is 5.56 Å². The van der Waals surface area contributed by atoms with Gasteiger partial charge in [-0.1, -0.05) is 26.0 Å². The average Bonchev–Trinajstić information content (AvgIpc) is 2.46. The van der Waals surface area contributed by atoms with Gasteiger partial charge in [-0.05, 0) is 44.4 Å². The number of nitrogens with zero attached hydrogens (tertiary/aromatic N) is 3. The Balaban J connectivity index is 2.35. The lowest BCUT2D eigenvalue weighted by atomic mass is 10.0. The average molecular weight is 330 g/mol. The molecule has 1 aromatic carbocycles. The van der Waals surface area contributed by atoms with Crippen LogP contribution < -0.4 is 10.1 Å². The number of ether oxygens (including phenoxy) is 1. The lowest BCUT2D eigenvalue weighted by molar-refractivity contribution is -0.385. The van der Waals surface area contributed by atoms with E-state index in [4.69, 9.17) is 4.74 Å². The zero-order valence-electron chi connectivity index (χ0n) is 14.5.